The van der Waals surface area contributed by atoms with Gasteiger partial charge in [-0.3, -0.25) is 0 Å². The third-order valence-corrected chi connectivity index (χ3v) is 5.00. The molecule has 0 saturated heterocycles. The minimum Gasteiger partial charge on any atom is -0.604 e. The van der Waals surface area contributed by atoms with Crippen molar-refractivity contribution in [3.63, 3.8) is 0 Å². The molecule has 3 rings (SSSR count). The van der Waals surface area contributed by atoms with Crippen molar-refractivity contribution in [2.24, 2.45) is 0 Å². The number of alkyl halides is 3. The van der Waals surface area contributed by atoms with Crippen LogP contribution in [0.15, 0.2) is 64.0 Å². The standard InChI is InChI=1S/C15H9F3N2OS2/c16-15(17,18)13-9-11(12-7-4-8-22-12)19-14(20-13)23(21)10-5-2-1-3-6-10/h1-9H. The van der Waals surface area contributed by atoms with Crippen LogP contribution in [0.2, 0.25) is 0 Å². The third kappa shape index (κ3) is 3.54. The van der Waals surface area contributed by atoms with Crippen molar-refractivity contribution in [2.75, 3.05) is 0 Å². The molecule has 0 radical (unpaired) electrons. The normalized spacial score (nSPS) is 13.0. The van der Waals surface area contributed by atoms with Gasteiger partial charge in [0.2, 0.25) is 0 Å². The summed E-state index contributed by atoms with van der Waals surface area (Å²) in [5, 5.41) is 1.38. The highest BCUT2D eigenvalue weighted by atomic mass is 32.2. The molecule has 0 amide bonds. The van der Waals surface area contributed by atoms with Crippen molar-refractivity contribution in [3.05, 3.63) is 59.6 Å². The molecule has 2 heterocycles. The lowest BCUT2D eigenvalue weighted by atomic mass is 10.3. The SMILES string of the molecule is [O-][S+](c1ccccc1)c1nc(-c2cccs2)cc(C(F)(F)F)n1. The highest BCUT2D eigenvalue weighted by Gasteiger charge is 2.35. The number of halogens is 3. The Bertz CT molecular complexity index is 792. The Balaban J connectivity index is 2.11. The number of thiophene rings is 1. The van der Waals surface area contributed by atoms with E-state index in [1.165, 1.54) is 11.3 Å². The zero-order valence-electron chi connectivity index (χ0n) is 11.4. The molecule has 1 aromatic carbocycles. The van der Waals surface area contributed by atoms with E-state index in [0.29, 0.717) is 9.77 Å². The van der Waals surface area contributed by atoms with Crippen LogP contribution in [-0.2, 0) is 17.4 Å². The van der Waals surface area contributed by atoms with Crippen molar-refractivity contribution in [1.29, 1.82) is 0 Å². The molecule has 0 aliphatic carbocycles. The van der Waals surface area contributed by atoms with Crippen molar-refractivity contribution in [2.45, 2.75) is 16.2 Å². The average Bonchev–Trinajstić information content (AvgIpc) is 3.08. The molecule has 8 heteroatoms. The highest BCUT2D eigenvalue weighted by molar-refractivity contribution is 7.91. The Kier molecular flexibility index (Phi) is 4.38. The summed E-state index contributed by atoms with van der Waals surface area (Å²) in [6.45, 7) is 0. The Hall–Kier alpha value is -1.90. The highest BCUT2D eigenvalue weighted by Crippen LogP contribution is 2.33. The van der Waals surface area contributed by atoms with E-state index >= 15 is 0 Å². The summed E-state index contributed by atoms with van der Waals surface area (Å²) >= 11 is -0.626. The van der Waals surface area contributed by atoms with Gasteiger partial charge in [-0.2, -0.15) is 23.1 Å². The molecular weight excluding hydrogens is 345 g/mol. The monoisotopic (exact) mass is 354 g/mol. The van der Waals surface area contributed by atoms with Crippen LogP contribution in [-0.4, -0.2) is 14.5 Å². The van der Waals surface area contributed by atoms with Crippen LogP contribution < -0.4 is 0 Å². The van der Waals surface area contributed by atoms with Crippen molar-refractivity contribution < 1.29 is 17.7 Å². The molecule has 2 aromatic heterocycles. The maximum atomic E-state index is 13.1. The molecule has 1 unspecified atom stereocenters. The van der Waals surface area contributed by atoms with Crippen LogP contribution in [0.1, 0.15) is 5.69 Å². The zero-order valence-corrected chi connectivity index (χ0v) is 13.1. The molecular formula is C15H9F3N2OS2. The van der Waals surface area contributed by atoms with E-state index in [2.05, 4.69) is 9.97 Å². The molecule has 0 aliphatic rings. The number of benzene rings is 1. The van der Waals surface area contributed by atoms with Gasteiger partial charge in [0.15, 0.2) is 10.6 Å². The van der Waals surface area contributed by atoms with E-state index in [9.17, 15) is 17.7 Å². The maximum absolute atomic E-state index is 13.1. The lowest BCUT2D eigenvalue weighted by molar-refractivity contribution is -0.141. The molecule has 3 nitrogen and oxygen atoms in total. The van der Waals surface area contributed by atoms with E-state index in [1.54, 1.807) is 47.8 Å². The molecule has 23 heavy (non-hydrogen) atoms. The Morgan fingerprint density at radius 3 is 2.35 bits per heavy atom. The van der Waals surface area contributed by atoms with Crippen molar-refractivity contribution >= 4 is 22.5 Å². The fraction of sp³-hybridized carbons (Fsp3) is 0.0667. The quantitative estimate of drug-likeness (QED) is 0.518. The van der Waals surface area contributed by atoms with Gasteiger partial charge in [-0.25, -0.2) is 0 Å². The van der Waals surface area contributed by atoms with Gasteiger partial charge in [0.1, 0.15) is 0 Å². The molecule has 118 valence electrons. The minimum absolute atomic E-state index is 0.113. The van der Waals surface area contributed by atoms with Crippen LogP contribution in [0.5, 0.6) is 0 Å². The van der Waals surface area contributed by atoms with Crippen molar-refractivity contribution in [3.8, 4) is 10.6 Å². The van der Waals surface area contributed by atoms with Gasteiger partial charge in [0.05, 0.1) is 21.7 Å². The van der Waals surface area contributed by atoms with E-state index in [4.69, 9.17) is 0 Å². The molecule has 0 spiro atoms. The van der Waals surface area contributed by atoms with E-state index < -0.39 is 23.0 Å². The fourth-order valence-corrected chi connectivity index (χ4v) is 3.52. The van der Waals surface area contributed by atoms with Gasteiger partial charge < -0.3 is 4.55 Å². The summed E-state index contributed by atoms with van der Waals surface area (Å²) in [6.07, 6.45) is -4.63. The predicted molar refractivity (Wildman–Crippen MR) is 81.5 cm³/mol. The Labute approximate surface area is 137 Å². The van der Waals surface area contributed by atoms with Gasteiger partial charge in [-0.05, 0) is 29.6 Å². The van der Waals surface area contributed by atoms with Crippen LogP contribution in [0.4, 0.5) is 13.2 Å². The van der Waals surface area contributed by atoms with Crippen LogP contribution >= 0.6 is 11.3 Å². The second kappa shape index (κ2) is 6.31. The first kappa shape index (κ1) is 16.0. The van der Waals surface area contributed by atoms with Gasteiger partial charge in [0, 0.05) is 0 Å². The zero-order chi connectivity index (χ0) is 16.4. The summed E-state index contributed by atoms with van der Waals surface area (Å²) in [5.41, 5.74) is -0.989. The van der Waals surface area contributed by atoms with Crippen LogP contribution in [0, 0.1) is 0 Å². The Morgan fingerprint density at radius 1 is 1.00 bits per heavy atom. The third-order valence-electron chi connectivity index (χ3n) is 2.89. The number of rotatable bonds is 3. The molecule has 1 atom stereocenters. The topological polar surface area (TPSA) is 48.8 Å². The average molecular weight is 354 g/mol. The van der Waals surface area contributed by atoms with Crippen LogP contribution in [0.25, 0.3) is 10.6 Å². The fourth-order valence-electron chi connectivity index (χ4n) is 1.85. The van der Waals surface area contributed by atoms with E-state index in [0.717, 1.165) is 6.07 Å². The lowest BCUT2D eigenvalue weighted by Crippen LogP contribution is -2.15. The molecule has 0 bridgehead atoms. The van der Waals surface area contributed by atoms with Gasteiger partial charge in [-0.15, -0.1) is 11.3 Å². The number of hydrogen-bond acceptors (Lipinski definition) is 4. The molecule has 0 saturated carbocycles. The second-order valence-corrected chi connectivity index (χ2v) is 6.80. The summed E-state index contributed by atoms with van der Waals surface area (Å²) in [6, 6.07) is 12.4. The maximum Gasteiger partial charge on any atom is 0.433 e. The first-order chi connectivity index (χ1) is 10.9. The van der Waals surface area contributed by atoms with Gasteiger partial charge >= 0.3 is 11.3 Å². The van der Waals surface area contributed by atoms with Gasteiger partial charge in [0.25, 0.3) is 0 Å². The number of hydrogen-bond donors (Lipinski definition) is 0. The predicted octanol–water partition coefficient (Wildman–Crippen LogP) is 4.39. The first-order valence-corrected chi connectivity index (χ1v) is 8.45. The Morgan fingerprint density at radius 2 is 1.74 bits per heavy atom. The van der Waals surface area contributed by atoms with Crippen LogP contribution in [0.3, 0.4) is 0 Å². The summed E-state index contributed by atoms with van der Waals surface area (Å²) in [5.74, 6) is 0. The minimum atomic E-state index is -4.63. The van der Waals surface area contributed by atoms with E-state index in [-0.39, 0.29) is 10.9 Å². The number of nitrogens with zero attached hydrogens (tertiary/aromatic N) is 2. The molecule has 3 aromatic rings. The number of aromatic nitrogens is 2. The largest absolute Gasteiger partial charge is 0.604 e. The summed E-state index contributed by atoms with van der Waals surface area (Å²) in [4.78, 5) is 8.43. The molecule has 0 N–H and O–H groups in total. The summed E-state index contributed by atoms with van der Waals surface area (Å²) < 4.78 is 51.7. The smallest absolute Gasteiger partial charge is 0.433 e. The molecule has 0 aliphatic heterocycles. The van der Waals surface area contributed by atoms with Gasteiger partial charge in [-0.1, -0.05) is 24.3 Å². The van der Waals surface area contributed by atoms with Crippen molar-refractivity contribution in [1.82, 2.24) is 9.97 Å². The summed E-state index contributed by atoms with van der Waals surface area (Å²) in [7, 11) is 0. The molecule has 0 fully saturated rings. The van der Waals surface area contributed by atoms with E-state index in [1.807, 2.05) is 0 Å². The first-order valence-electron chi connectivity index (χ1n) is 6.42. The lowest BCUT2D eigenvalue weighted by Gasteiger charge is -2.12. The second-order valence-electron chi connectivity index (χ2n) is 4.48.